The van der Waals surface area contributed by atoms with Crippen molar-refractivity contribution in [2.45, 2.75) is 24.9 Å². The van der Waals surface area contributed by atoms with Crippen LogP contribution < -0.4 is 5.09 Å². The van der Waals surface area contributed by atoms with Gasteiger partial charge in [-0.15, -0.1) is 0 Å². The second-order valence-electron chi connectivity index (χ2n) is 2.46. The molecule has 1 aliphatic heterocycles. The summed E-state index contributed by atoms with van der Waals surface area (Å²) in [6.45, 7) is 0.988. The molecule has 1 aliphatic rings. The van der Waals surface area contributed by atoms with Gasteiger partial charge in [0, 0.05) is 0 Å². The predicted molar refractivity (Wildman–Crippen MR) is 41.6 cm³/mol. The molecular weight excluding hydrogens is 149 g/mol. The van der Waals surface area contributed by atoms with E-state index >= 15 is 0 Å². The van der Waals surface area contributed by atoms with E-state index in [1.807, 2.05) is 0 Å². The van der Waals surface area contributed by atoms with Gasteiger partial charge in [0.15, 0.2) is 0 Å². The van der Waals surface area contributed by atoms with Gasteiger partial charge in [-0.3, -0.25) is 9.88 Å². The van der Waals surface area contributed by atoms with Gasteiger partial charge in [-0.05, 0) is 28.1 Å². The minimum Gasteiger partial charge on any atom is -0.481 e. The first-order valence-electron chi connectivity index (χ1n) is 3.52. The van der Waals surface area contributed by atoms with Crippen LogP contribution in [-0.2, 0) is 4.79 Å². The maximum Gasteiger partial charge on any atom is 0.311 e. The molecule has 0 amide bonds. The van der Waals surface area contributed by atoms with Crippen LogP contribution in [0.1, 0.15) is 19.3 Å². The quantitative estimate of drug-likeness (QED) is 0.559. The molecule has 0 aliphatic carbocycles. The van der Waals surface area contributed by atoms with E-state index in [-0.39, 0.29) is 5.66 Å². The molecule has 1 fully saturated rings. The molecule has 0 spiro atoms. The monoisotopic (exact) mass is 161 g/mol. The van der Waals surface area contributed by atoms with E-state index in [4.69, 9.17) is 5.11 Å². The standard InChI is InChI=1S/C6H12NO2P/c8-6(9)5-3-1-2-4-7-10-5/h5,7,10H,1-4H2,(H,8,9). The minimum atomic E-state index is -0.646. The molecule has 58 valence electrons. The Labute approximate surface area is 62.0 Å². The van der Waals surface area contributed by atoms with Gasteiger partial charge in [0.1, 0.15) is 0 Å². The normalized spacial score (nSPS) is 29.8. The highest BCUT2D eigenvalue weighted by molar-refractivity contribution is 7.37. The van der Waals surface area contributed by atoms with Crippen molar-refractivity contribution in [1.82, 2.24) is 5.09 Å². The van der Waals surface area contributed by atoms with Crippen molar-refractivity contribution >= 4 is 14.7 Å². The molecule has 1 heterocycles. The first-order chi connectivity index (χ1) is 4.80. The summed E-state index contributed by atoms with van der Waals surface area (Å²) in [6.07, 6.45) is 3.02. The molecule has 10 heavy (non-hydrogen) atoms. The fourth-order valence-corrected chi connectivity index (χ4v) is 2.05. The Kier molecular flexibility index (Phi) is 3.10. The van der Waals surface area contributed by atoms with Crippen LogP contribution in [0.15, 0.2) is 0 Å². The lowest BCUT2D eigenvalue weighted by molar-refractivity contribution is -0.136. The Hall–Kier alpha value is -0.140. The highest BCUT2D eigenvalue weighted by atomic mass is 31.1. The van der Waals surface area contributed by atoms with Gasteiger partial charge in [-0.2, -0.15) is 0 Å². The summed E-state index contributed by atoms with van der Waals surface area (Å²) >= 11 is 0. The van der Waals surface area contributed by atoms with E-state index in [1.54, 1.807) is 0 Å². The summed E-state index contributed by atoms with van der Waals surface area (Å²) in [5.74, 6) is -0.646. The Morgan fingerprint density at radius 1 is 1.60 bits per heavy atom. The number of rotatable bonds is 1. The number of hydrogen-bond acceptors (Lipinski definition) is 2. The molecule has 0 aromatic carbocycles. The zero-order valence-corrected chi connectivity index (χ0v) is 6.76. The molecule has 3 nitrogen and oxygen atoms in total. The zero-order chi connectivity index (χ0) is 7.40. The summed E-state index contributed by atoms with van der Waals surface area (Å²) in [7, 11) is 0.417. The van der Waals surface area contributed by atoms with Crippen LogP contribution in [0.4, 0.5) is 0 Å². The van der Waals surface area contributed by atoms with Crippen molar-refractivity contribution in [1.29, 1.82) is 0 Å². The third-order valence-corrected chi connectivity index (χ3v) is 2.96. The Bertz CT molecular complexity index is 121. The van der Waals surface area contributed by atoms with Crippen LogP contribution in [0.5, 0.6) is 0 Å². The van der Waals surface area contributed by atoms with E-state index in [0.717, 1.165) is 25.8 Å². The number of carboxylic acids is 1. The summed E-state index contributed by atoms with van der Waals surface area (Å²) in [5.41, 5.74) is -0.123. The smallest absolute Gasteiger partial charge is 0.311 e. The van der Waals surface area contributed by atoms with Gasteiger partial charge < -0.3 is 5.11 Å². The first kappa shape index (κ1) is 7.96. The first-order valence-corrected chi connectivity index (χ1v) is 4.59. The van der Waals surface area contributed by atoms with Crippen molar-refractivity contribution in [3.8, 4) is 0 Å². The van der Waals surface area contributed by atoms with Crippen molar-refractivity contribution in [3.63, 3.8) is 0 Å². The molecule has 1 saturated heterocycles. The number of nitrogens with one attached hydrogen (secondary N) is 1. The Morgan fingerprint density at radius 3 is 3.10 bits per heavy atom. The molecule has 2 N–H and O–H groups in total. The topological polar surface area (TPSA) is 49.3 Å². The number of carbonyl (C=O) groups is 1. The van der Waals surface area contributed by atoms with Crippen molar-refractivity contribution in [2.24, 2.45) is 0 Å². The molecule has 0 aromatic rings. The maximum absolute atomic E-state index is 10.5. The molecule has 2 unspecified atom stereocenters. The lowest BCUT2D eigenvalue weighted by atomic mass is 10.2. The molecule has 4 heteroatoms. The van der Waals surface area contributed by atoms with E-state index in [9.17, 15) is 4.79 Å². The average Bonchev–Trinajstić information content (AvgIpc) is 2.12. The molecule has 0 saturated carbocycles. The molecule has 0 bridgehead atoms. The van der Waals surface area contributed by atoms with Crippen LogP contribution in [0.25, 0.3) is 0 Å². The van der Waals surface area contributed by atoms with E-state index in [1.165, 1.54) is 0 Å². The summed E-state index contributed by atoms with van der Waals surface area (Å²) < 4.78 is 0. The van der Waals surface area contributed by atoms with Crippen molar-refractivity contribution < 1.29 is 9.90 Å². The number of aliphatic carboxylic acids is 1. The number of hydrogen-bond donors (Lipinski definition) is 2. The SMILES string of the molecule is O=C(O)C1CCCCNP1. The second kappa shape index (κ2) is 3.89. The second-order valence-corrected chi connectivity index (χ2v) is 3.80. The zero-order valence-electron chi connectivity index (χ0n) is 5.76. The van der Waals surface area contributed by atoms with Crippen LogP contribution in [-0.4, -0.2) is 23.3 Å². The van der Waals surface area contributed by atoms with E-state index in [2.05, 4.69) is 5.09 Å². The summed E-state index contributed by atoms with van der Waals surface area (Å²) in [4.78, 5) is 10.5. The van der Waals surface area contributed by atoms with Gasteiger partial charge in [0.05, 0.1) is 5.66 Å². The van der Waals surface area contributed by atoms with Gasteiger partial charge in [-0.1, -0.05) is 6.42 Å². The Balaban J connectivity index is 2.35. The summed E-state index contributed by atoms with van der Waals surface area (Å²) in [6, 6.07) is 0. The highest BCUT2D eigenvalue weighted by Crippen LogP contribution is 2.23. The molecule has 1 rings (SSSR count). The minimum absolute atomic E-state index is 0.123. The lowest BCUT2D eigenvalue weighted by Crippen LogP contribution is -2.16. The third-order valence-electron chi connectivity index (χ3n) is 1.62. The van der Waals surface area contributed by atoms with Crippen molar-refractivity contribution in [3.05, 3.63) is 0 Å². The Morgan fingerprint density at radius 2 is 2.40 bits per heavy atom. The average molecular weight is 161 g/mol. The number of carboxylic acid groups (broad SMARTS) is 1. The van der Waals surface area contributed by atoms with E-state index in [0.29, 0.717) is 8.73 Å². The van der Waals surface area contributed by atoms with Crippen molar-refractivity contribution in [2.75, 3.05) is 6.54 Å². The lowest BCUT2D eigenvalue weighted by Gasteiger charge is -2.06. The molecule has 0 aromatic heterocycles. The summed E-state index contributed by atoms with van der Waals surface area (Å²) in [5, 5.41) is 11.8. The van der Waals surface area contributed by atoms with Gasteiger partial charge in [0.25, 0.3) is 0 Å². The van der Waals surface area contributed by atoms with Crippen LogP contribution in [0.3, 0.4) is 0 Å². The van der Waals surface area contributed by atoms with Gasteiger partial charge >= 0.3 is 5.97 Å². The van der Waals surface area contributed by atoms with Crippen LogP contribution in [0, 0.1) is 0 Å². The predicted octanol–water partition coefficient (Wildman–Crippen LogP) is 0.807. The molecular formula is C6H12NO2P. The highest BCUT2D eigenvalue weighted by Gasteiger charge is 2.18. The largest absolute Gasteiger partial charge is 0.481 e. The molecule has 2 atom stereocenters. The fraction of sp³-hybridized carbons (Fsp3) is 0.833. The van der Waals surface area contributed by atoms with Gasteiger partial charge in [-0.25, -0.2) is 0 Å². The van der Waals surface area contributed by atoms with Crippen LogP contribution in [0.2, 0.25) is 0 Å². The third kappa shape index (κ3) is 2.24. The maximum atomic E-state index is 10.5. The van der Waals surface area contributed by atoms with Gasteiger partial charge in [0.2, 0.25) is 0 Å². The van der Waals surface area contributed by atoms with Crippen LogP contribution >= 0.6 is 8.73 Å². The van der Waals surface area contributed by atoms with E-state index < -0.39 is 5.97 Å². The fourth-order valence-electron chi connectivity index (χ4n) is 1.01. The molecule has 0 radical (unpaired) electrons.